The number of carboxylic acids is 1. The van der Waals surface area contributed by atoms with Crippen LogP contribution in [-0.2, 0) is 18.0 Å². The van der Waals surface area contributed by atoms with Crippen LogP contribution in [0.15, 0.2) is 71.3 Å². The SMILES string of the molecule is CC(C)c1onc(-c2ccccc2OC(F)(F)F)c1COCc1ccc(NC(=O)c2cccc(C(=O)O)c2)c(Cl)c1. The predicted octanol–water partition coefficient (Wildman–Crippen LogP) is 7.68. The molecular formula is C29H24ClF3N2O6. The highest BCUT2D eigenvalue weighted by Gasteiger charge is 2.33. The zero-order valence-corrected chi connectivity index (χ0v) is 22.5. The van der Waals surface area contributed by atoms with Gasteiger partial charge in [-0.1, -0.05) is 54.9 Å². The van der Waals surface area contributed by atoms with E-state index in [-0.39, 0.29) is 46.5 Å². The summed E-state index contributed by atoms with van der Waals surface area (Å²) in [6.45, 7) is 3.77. The second-order valence-electron chi connectivity index (χ2n) is 9.22. The first-order valence-electron chi connectivity index (χ1n) is 12.3. The Labute approximate surface area is 237 Å². The minimum atomic E-state index is -4.88. The molecule has 0 bridgehead atoms. The number of nitrogens with zero attached hydrogens (tertiary/aromatic N) is 1. The second-order valence-corrected chi connectivity index (χ2v) is 9.63. The van der Waals surface area contributed by atoms with E-state index in [0.717, 1.165) is 0 Å². The number of nitrogens with one attached hydrogen (secondary N) is 1. The minimum absolute atomic E-state index is 0.0239. The maximum Gasteiger partial charge on any atom is 0.573 e. The van der Waals surface area contributed by atoms with Gasteiger partial charge in [0.05, 0.1) is 29.5 Å². The minimum Gasteiger partial charge on any atom is -0.478 e. The van der Waals surface area contributed by atoms with E-state index >= 15 is 0 Å². The summed E-state index contributed by atoms with van der Waals surface area (Å²) in [6.07, 6.45) is -4.88. The van der Waals surface area contributed by atoms with E-state index in [1.54, 1.807) is 24.3 Å². The van der Waals surface area contributed by atoms with Crippen molar-refractivity contribution in [1.29, 1.82) is 0 Å². The molecule has 0 fully saturated rings. The standard InChI is InChI=1S/C29H24ClF3N2O6/c1-16(2)26-21(25(35-41-26)20-8-3-4-9-24(20)40-29(31,32)33)15-39-14-17-10-11-23(22(30)12-17)34-27(36)18-6-5-7-19(13-18)28(37)38/h3-13,16H,14-15H2,1-2H3,(H,34,36)(H,37,38). The molecule has 4 rings (SSSR count). The lowest BCUT2D eigenvalue weighted by atomic mass is 10.0. The Morgan fingerprint density at radius 1 is 1.02 bits per heavy atom. The number of carbonyl (C=O) groups is 2. The molecule has 4 aromatic rings. The number of halogens is 4. The Hall–Kier alpha value is -4.35. The molecular weight excluding hydrogens is 565 g/mol. The van der Waals surface area contributed by atoms with Crippen LogP contribution in [0.4, 0.5) is 18.9 Å². The van der Waals surface area contributed by atoms with E-state index in [1.807, 2.05) is 13.8 Å². The van der Waals surface area contributed by atoms with Gasteiger partial charge in [0.1, 0.15) is 17.2 Å². The summed E-state index contributed by atoms with van der Waals surface area (Å²) in [5.74, 6) is -1.76. The molecule has 0 unspecified atom stereocenters. The number of benzene rings is 3. The number of hydrogen-bond donors (Lipinski definition) is 2. The zero-order valence-electron chi connectivity index (χ0n) is 21.8. The molecule has 0 atom stereocenters. The topological polar surface area (TPSA) is 111 Å². The molecule has 0 saturated carbocycles. The molecule has 12 heteroatoms. The van der Waals surface area contributed by atoms with E-state index in [1.165, 1.54) is 42.5 Å². The summed E-state index contributed by atoms with van der Waals surface area (Å²) in [7, 11) is 0. The summed E-state index contributed by atoms with van der Waals surface area (Å²) in [4.78, 5) is 23.8. The fourth-order valence-electron chi connectivity index (χ4n) is 4.01. The molecule has 0 saturated heterocycles. The van der Waals surface area contributed by atoms with Crippen LogP contribution in [0.2, 0.25) is 5.02 Å². The van der Waals surface area contributed by atoms with Gasteiger partial charge in [0.2, 0.25) is 0 Å². The fraction of sp³-hybridized carbons (Fsp3) is 0.207. The first-order chi connectivity index (χ1) is 19.4. The fourth-order valence-corrected chi connectivity index (χ4v) is 4.26. The van der Waals surface area contributed by atoms with Gasteiger partial charge in [-0.05, 0) is 48.0 Å². The average Bonchev–Trinajstić information content (AvgIpc) is 3.33. The van der Waals surface area contributed by atoms with Gasteiger partial charge < -0.3 is 24.4 Å². The number of amides is 1. The lowest BCUT2D eigenvalue weighted by molar-refractivity contribution is -0.274. The van der Waals surface area contributed by atoms with Crippen LogP contribution in [-0.4, -0.2) is 28.5 Å². The van der Waals surface area contributed by atoms with Gasteiger partial charge in [0.15, 0.2) is 0 Å². The molecule has 1 aromatic heterocycles. The number of aromatic nitrogens is 1. The average molecular weight is 589 g/mol. The molecule has 0 aliphatic carbocycles. The molecule has 0 radical (unpaired) electrons. The van der Waals surface area contributed by atoms with Gasteiger partial charge in [-0.2, -0.15) is 0 Å². The largest absolute Gasteiger partial charge is 0.573 e. The number of para-hydroxylation sites is 1. The number of alkyl halides is 3. The Bertz CT molecular complexity index is 1570. The molecule has 0 spiro atoms. The Balaban J connectivity index is 1.47. The Morgan fingerprint density at radius 3 is 2.44 bits per heavy atom. The number of carboxylic acid groups (broad SMARTS) is 1. The third kappa shape index (κ3) is 7.44. The summed E-state index contributed by atoms with van der Waals surface area (Å²) in [5.41, 5.74) is 1.87. The first-order valence-corrected chi connectivity index (χ1v) is 12.6. The highest BCUT2D eigenvalue weighted by molar-refractivity contribution is 6.34. The van der Waals surface area contributed by atoms with Gasteiger partial charge in [0, 0.05) is 22.6 Å². The van der Waals surface area contributed by atoms with Crippen molar-refractivity contribution in [3.8, 4) is 17.0 Å². The third-order valence-corrected chi connectivity index (χ3v) is 6.19. The summed E-state index contributed by atoms with van der Waals surface area (Å²) in [5, 5.41) is 16.0. The Morgan fingerprint density at radius 2 is 1.76 bits per heavy atom. The van der Waals surface area contributed by atoms with Crippen LogP contribution < -0.4 is 10.1 Å². The van der Waals surface area contributed by atoms with Gasteiger partial charge in [-0.25, -0.2) is 4.79 Å². The van der Waals surface area contributed by atoms with Crippen LogP contribution >= 0.6 is 11.6 Å². The smallest absolute Gasteiger partial charge is 0.478 e. The van der Waals surface area contributed by atoms with E-state index < -0.39 is 24.0 Å². The number of anilines is 1. The van der Waals surface area contributed by atoms with Crippen molar-refractivity contribution < 1.29 is 41.9 Å². The number of rotatable bonds is 10. The molecule has 0 aliphatic heterocycles. The highest BCUT2D eigenvalue weighted by atomic mass is 35.5. The van der Waals surface area contributed by atoms with Crippen LogP contribution in [0.25, 0.3) is 11.3 Å². The molecule has 41 heavy (non-hydrogen) atoms. The molecule has 3 aromatic carbocycles. The van der Waals surface area contributed by atoms with Crippen molar-refractivity contribution in [3.63, 3.8) is 0 Å². The molecule has 0 aliphatic rings. The zero-order chi connectivity index (χ0) is 29.7. The van der Waals surface area contributed by atoms with Gasteiger partial charge in [0.25, 0.3) is 5.91 Å². The first kappa shape index (κ1) is 29.6. The van der Waals surface area contributed by atoms with Crippen molar-refractivity contribution >= 4 is 29.2 Å². The maximum atomic E-state index is 13.0. The number of ether oxygens (including phenoxy) is 2. The van der Waals surface area contributed by atoms with Gasteiger partial charge in [-0.3, -0.25) is 4.79 Å². The van der Waals surface area contributed by atoms with Gasteiger partial charge >= 0.3 is 12.3 Å². The number of aromatic carboxylic acids is 1. The summed E-state index contributed by atoms with van der Waals surface area (Å²) >= 11 is 6.37. The van der Waals surface area contributed by atoms with Crippen LogP contribution in [0.5, 0.6) is 5.75 Å². The normalized spacial score (nSPS) is 11.5. The molecule has 2 N–H and O–H groups in total. The van der Waals surface area contributed by atoms with Crippen molar-refractivity contribution in [2.75, 3.05) is 5.32 Å². The molecule has 1 heterocycles. The lowest BCUT2D eigenvalue weighted by Crippen LogP contribution is -2.17. The van der Waals surface area contributed by atoms with Crippen LogP contribution in [0.3, 0.4) is 0 Å². The van der Waals surface area contributed by atoms with Crippen LogP contribution in [0, 0.1) is 0 Å². The highest BCUT2D eigenvalue weighted by Crippen LogP contribution is 2.38. The van der Waals surface area contributed by atoms with Crippen molar-refractivity contribution in [1.82, 2.24) is 5.16 Å². The van der Waals surface area contributed by atoms with Crippen LogP contribution in [0.1, 0.15) is 57.4 Å². The molecule has 1 amide bonds. The predicted molar refractivity (Wildman–Crippen MR) is 144 cm³/mol. The monoisotopic (exact) mass is 588 g/mol. The van der Waals surface area contributed by atoms with E-state index in [0.29, 0.717) is 22.6 Å². The van der Waals surface area contributed by atoms with E-state index in [4.69, 9.17) is 26.0 Å². The quantitative estimate of drug-likeness (QED) is 0.195. The molecule has 8 nitrogen and oxygen atoms in total. The van der Waals surface area contributed by atoms with Crippen molar-refractivity contribution in [3.05, 3.63) is 99.8 Å². The van der Waals surface area contributed by atoms with Gasteiger partial charge in [-0.15, -0.1) is 13.2 Å². The Kier molecular flexibility index (Phi) is 8.99. The van der Waals surface area contributed by atoms with Crippen molar-refractivity contribution in [2.24, 2.45) is 0 Å². The number of carbonyl (C=O) groups excluding carboxylic acids is 1. The number of hydrogen-bond acceptors (Lipinski definition) is 6. The second kappa shape index (κ2) is 12.4. The van der Waals surface area contributed by atoms with Crippen molar-refractivity contribution in [2.45, 2.75) is 39.3 Å². The summed E-state index contributed by atoms with van der Waals surface area (Å²) in [6, 6.07) is 16.1. The third-order valence-electron chi connectivity index (χ3n) is 5.88. The molecule has 214 valence electrons. The van der Waals surface area contributed by atoms with E-state index in [9.17, 15) is 22.8 Å². The maximum absolute atomic E-state index is 13.0. The summed E-state index contributed by atoms with van der Waals surface area (Å²) < 4.78 is 54.5. The van der Waals surface area contributed by atoms with E-state index in [2.05, 4.69) is 15.2 Å². The lowest BCUT2D eigenvalue weighted by Gasteiger charge is -2.13.